The largest absolute Gasteiger partial charge is 0.494 e. The van der Waals surface area contributed by atoms with E-state index in [0.717, 1.165) is 30.7 Å². The summed E-state index contributed by atoms with van der Waals surface area (Å²) in [4.78, 5) is 34.2. The number of aromatic nitrogens is 1. The lowest BCUT2D eigenvalue weighted by Gasteiger charge is -2.17. The Labute approximate surface area is 203 Å². The van der Waals surface area contributed by atoms with Crippen LogP contribution in [0.1, 0.15) is 51.3 Å². The van der Waals surface area contributed by atoms with Crippen molar-refractivity contribution in [2.24, 2.45) is 10.7 Å². The molecule has 35 heavy (non-hydrogen) atoms. The number of hydrogen-bond donors (Lipinski definition) is 3. The van der Waals surface area contributed by atoms with Crippen LogP contribution in [-0.2, 0) is 6.54 Å². The Balaban J connectivity index is 1.56. The quantitative estimate of drug-likeness (QED) is 0.242. The van der Waals surface area contributed by atoms with Gasteiger partial charge in [0.2, 0.25) is 5.91 Å². The minimum Gasteiger partial charge on any atom is -0.494 e. The van der Waals surface area contributed by atoms with Crippen molar-refractivity contribution in [2.45, 2.75) is 20.4 Å². The van der Waals surface area contributed by atoms with Crippen molar-refractivity contribution in [1.82, 2.24) is 9.88 Å². The number of primary amides is 1. The molecule has 0 bridgehead atoms. The zero-order valence-corrected chi connectivity index (χ0v) is 19.8. The van der Waals surface area contributed by atoms with Gasteiger partial charge < -0.3 is 15.8 Å². The van der Waals surface area contributed by atoms with Crippen LogP contribution in [0.15, 0.2) is 71.7 Å². The summed E-state index contributed by atoms with van der Waals surface area (Å²) in [5.74, 6) is -0.863. The summed E-state index contributed by atoms with van der Waals surface area (Å²) in [6.45, 7) is 7.20. The number of nitrogens with one attached hydrogen (secondary N) is 1. The first-order chi connectivity index (χ1) is 16.9. The highest BCUT2D eigenvalue weighted by atomic mass is 16.3. The minimum atomic E-state index is -0.591. The molecule has 0 aliphatic carbocycles. The molecule has 7 nitrogen and oxygen atoms in total. The fraction of sp³-hybridized carbons (Fsp3) is 0.179. The molecule has 0 saturated heterocycles. The Morgan fingerprint density at radius 3 is 2.34 bits per heavy atom. The van der Waals surface area contributed by atoms with Crippen LogP contribution in [0.25, 0.3) is 10.9 Å². The summed E-state index contributed by atoms with van der Waals surface area (Å²) < 4.78 is 0. The first kappa shape index (κ1) is 23.9. The number of carbonyl (C=O) groups is 2. The Bertz CT molecular complexity index is 1400. The molecular formula is C28H28N4O3. The zero-order valence-electron chi connectivity index (χ0n) is 19.8. The second kappa shape index (κ2) is 10.4. The standard InChI is InChI=1S/C28H28N4O3/c1-3-32(4-2)17-18-8-11-22(12-9-18)30-16-24-23-13-10-20(15-25(23)31-28(24)35)26(33)19-6-5-7-21(14-19)27(29)34/h5-16,31,35H,3-4,17H2,1-2H3,(H2,29,34). The number of nitrogens with zero attached hydrogens (tertiary/aromatic N) is 2. The fourth-order valence-corrected chi connectivity index (χ4v) is 3.99. The highest BCUT2D eigenvalue weighted by Gasteiger charge is 2.15. The van der Waals surface area contributed by atoms with Crippen LogP contribution in [0.2, 0.25) is 0 Å². The average molecular weight is 469 g/mol. The van der Waals surface area contributed by atoms with Gasteiger partial charge in [-0.25, -0.2) is 0 Å². The molecule has 1 amide bonds. The third-order valence-electron chi connectivity index (χ3n) is 6.07. The molecule has 4 N–H and O–H groups in total. The highest BCUT2D eigenvalue weighted by molar-refractivity contribution is 6.12. The second-order valence-corrected chi connectivity index (χ2v) is 8.31. The topological polar surface area (TPSA) is 112 Å². The zero-order chi connectivity index (χ0) is 24.9. The molecule has 0 saturated carbocycles. The first-order valence-corrected chi connectivity index (χ1v) is 11.5. The number of benzene rings is 3. The van der Waals surface area contributed by atoms with Gasteiger partial charge in [-0.3, -0.25) is 19.5 Å². The fourth-order valence-electron chi connectivity index (χ4n) is 3.99. The average Bonchev–Trinajstić information content (AvgIpc) is 3.20. The molecule has 3 aromatic carbocycles. The van der Waals surface area contributed by atoms with Crippen molar-refractivity contribution in [3.05, 3.63) is 94.5 Å². The lowest BCUT2D eigenvalue weighted by Crippen LogP contribution is -2.21. The van der Waals surface area contributed by atoms with E-state index in [2.05, 4.69) is 40.9 Å². The predicted molar refractivity (Wildman–Crippen MR) is 139 cm³/mol. The van der Waals surface area contributed by atoms with Crippen molar-refractivity contribution in [3.63, 3.8) is 0 Å². The van der Waals surface area contributed by atoms with E-state index in [9.17, 15) is 14.7 Å². The van der Waals surface area contributed by atoms with Gasteiger partial charge in [-0.1, -0.05) is 50.2 Å². The Morgan fingerprint density at radius 1 is 0.971 bits per heavy atom. The Kier molecular flexibility index (Phi) is 7.08. The molecule has 0 aliphatic rings. The molecule has 4 rings (SSSR count). The number of amides is 1. The molecule has 0 atom stereocenters. The van der Waals surface area contributed by atoms with Gasteiger partial charge in [-0.05, 0) is 49.0 Å². The molecule has 0 spiro atoms. The lowest BCUT2D eigenvalue weighted by atomic mass is 10.00. The molecule has 4 aromatic rings. The Hall–Kier alpha value is -4.23. The summed E-state index contributed by atoms with van der Waals surface area (Å²) in [7, 11) is 0. The van der Waals surface area contributed by atoms with Crippen molar-refractivity contribution in [2.75, 3.05) is 13.1 Å². The van der Waals surface area contributed by atoms with E-state index in [1.54, 1.807) is 42.6 Å². The van der Waals surface area contributed by atoms with E-state index >= 15 is 0 Å². The number of aliphatic imine (C=N–C) groups is 1. The van der Waals surface area contributed by atoms with E-state index in [4.69, 9.17) is 5.73 Å². The maximum absolute atomic E-state index is 12.9. The summed E-state index contributed by atoms with van der Waals surface area (Å²) in [5, 5.41) is 11.2. The van der Waals surface area contributed by atoms with E-state index in [-0.39, 0.29) is 17.2 Å². The van der Waals surface area contributed by atoms with Crippen LogP contribution in [0, 0.1) is 0 Å². The number of ketones is 1. The number of hydrogen-bond acceptors (Lipinski definition) is 5. The molecule has 0 fully saturated rings. The number of fused-ring (bicyclic) bond motifs is 1. The maximum atomic E-state index is 12.9. The number of nitrogens with two attached hydrogens (primary N) is 1. The SMILES string of the molecule is CCN(CC)Cc1ccc(N=Cc2c(O)[nH]c3cc(C(=O)c4cccc(C(N)=O)c4)ccc23)cc1. The van der Waals surface area contributed by atoms with Gasteiger partial charge in [-0.2, -0.15) is 0 Å². The monoisotopic (exact) mass is 468 g/mol. The molecule has 0 unspecified atom stereocenters. The number of aromatic amines is 1. The molecule has 178 valence electrons. The van der Waals surface area contributed by atoms with Gasteiger partial charge in [0.25, 0.3) is 0 Å². The van der Waals surface area contributed by atoms with Gasteiger partial charge in [-0.15, -0.1) is 0 Å². The molecule has 1 aromatic heterocycles. The van der Waals surface area contributed by atoms with Crippen LogP contribution in [0.5, 0.6) is 5.88 Å². The van der Waals surface area contributed by atoms with Crippen molar-refractivity contribution >= 4 is 34.5 Å². The summed E-state index contributed by atoms with van der Waals surface area (Å²) in [6.07, 6.45) is 1.62. The van der Waals surface area contributed by atoms with Crippen LogP contribution in [0.3, 0.4) is 0 Å². The summed E-state index contributed by atoms with van der Waals surface area (Å²) >= 11 is 0. The van der Waals surface area contributed by atoms with Crippen LogP contribution >= 0.6 is 0 Å². The molecule has 7 heteroatoms. The van der Waals surface area contributed by atoms with E-state index in [1.165, 1.54) is 11.6 Å². The Morgan fingerprint density at radius 2 is 1.66 bits per heavy atom. The van der Waals surface area contributed by atoms with Gasteiger partial charge in [0.05, 0.1) is 11.3 Å². The molecular weight excluding hydrogens is 440 g/mol. The number of H-pyrrole nitrogens is 1. The van der Waals surface area contributed by atoms with Gasteiger partial charge in [0.1, 0.15) is 0 Å². The molecule has 1 heterocycles. The lowest BCUT2D eigenvalue weighted by molar-refractivity contribution is 0.1000. The predicted octanol–water partition coefficient (Wildman–Crippen LogP) is 4.80. The molecule has 0 aliphatic heterocycles. The van der Waals surface area contributed by atoms with Crippen molar-refractivity contribution in [3.8, 4) is 5.88 Å². The van der Waals surface area contributed by atoms with E-state index in [1.807, 2.05) is 12.1 Å². The normalized spacial score (nSPS) is 11.5. The van der Waals surface area contributed by atoms with Crippen LogP contribution < -0.4 is 5.73 Å². The number of rotatable bonds is 9. The number of carbonyl (C=O) groups excluding carboxylic acids is 2. The summed E-state index contributed by atoms with van der Waals surface area (Å²) in [5.41, 5.74) is 9.54. The second-order valence-electron chi connectivity index (χ2n) is 8.31. The van der Waals surface area contributed by atoms with Crippen molar-refractivity contribution in [1.29, 1.82) is 0 Å². The van der Waals surface area contributed by atoms with Crippen molar-refractivity contribution < 1.29 is 14.7 Å². The van der Waals surface area contributed by atoms with E-state index in [0.29, 0.717) is 22.2 Å². The minimum absolute atomic E-state index is 0.0257. The van der Waals surface area contributed by atoms with Gasteiger partial charge >= 0.3 is 0 Å². The van der Waals surface area contributed by atoms with E-state index < -0.39 is 5.91 Å². The first-order valence-electron chi connectivity index (χ1n) is 11.5. The molecule has 0 radical (unpaired) electrons. The highest BCUT2D eigenvalue weighted by Crippen LogP contribution is 2.28. The third kappa shape index (κ3) is 5.31. The summed E-state index contributed by atoms with van der Waals surface area (Å²) in [6, 6.07) is 19.5. The van der Waals surface area contributed by atoms with Gasteiger partial charge in [0.15, 0.2) is 11.7 Å². The van der Waals surface area contributed by atoms with Crippen LogP contribution in [-0.4, -0.2) is 46.0 Å². The smallest absolute Gasteiger partial charge is 0.248 e. The number of aromatic hydroxyl groups is 1. The third-order valence-corrected chi connectivity index (χ3v) is 6.07. The van der Waals surface area contributed by atoms with Crippen LogP contribution in [0.4, 0.5) is 5.69 Å². The maximum Gasteiger partial charge on any atom is 0.248 e. The van der Waals surface area contributed by atoms with Gasteiger partial charge in [0, 0.05) is 40.4 Å².